The molecular weight excluding hydrogens is 397 g/mol. The Bertz CT molecular complexity index is 1060. The van der Waals surface area contributed by atoms with Gasteiger partial charge in [-0.15, -0.1) is 0 Å². The van der Waals surface area contributed by atoms with Gasteiger partial charge in [0, 0.05) is 25.6 Å². The fourth-order valence-electron chi connectivity index (χ4n) is 3.76. The molecule has 6 nitrogen and oxygen atoms in total. The highest BCUT2D eigenvalue weighted by Gasteiger charge is 2.25. The van der Waals surface area contributed by atoms with Crippen molar-refractivity contribution in [3.05, 3.63) is 71.9 Å². The quantitative estimate of drug-likeness (QED) is 0.553. The number of piperidine rings is 1. The molecule has 1 aliphatic rings. The topological polar surface area (TPSA) is 68.5 Å². The van der Waals surface area contributed by atoms with Crippen LogP contribution in [0.25, 0.3) is 17.5 Å². The molecule has 1 saturated heterocycles. The van der Waals surface area contributed by atoms with E-state index in [1.165, 1.54) is 6.07 Å². The van der Waals surface area contributed by atoms with E-state index in [0.717, 1.165) is 30.7 Å². The molecule has 2 aromatic carbocycles. The Kier molecular flexibility index (Phi) is 6.40. The van der Waals surface area contributed by atoms with Gasteiger partial charge in [-0.2, -0.15) is 4.98 Å². The summed E-state index contributed by atoms with van der Waals surface area (Å²) in [5, 5.41) is 3.92. The van der Waals surface area contributed by atoms with Crippen LogP contribution in [-0.2, 0) is 11.2 Å². The Morgan fingerprint density at radius 1 is 1.26 bits per heavy atom. The number of benzene rings is 2. The molecule has 7 heteroatoms. The number of rotatable bonds is 6. The molecule has 160 valence electrons. The van der Waals surface area contributed by atoms with Gasteiger partial charge < -0.3 is 14.2 Å². The van der Waals surface area contributed by atoms with Crippen LogP contribution >= 0.6 is 0 Å². The van der Waals surface area contributed by atoms with Gasteiger partial charge in [0.2, 0.25) is 17.6 Å². The molecule has 3 aromatic rings. The first-order valence-electron chi connectivity index (χ1n) is 10.3. The average Bonchev–Trinajstić information content (AvgIpc) is 3.26. The summed E-state index contributed by atoms with van der Waals surface area (Å²) in [6.45, 7) is 1.36. The molecule has 0 saturated carbocycles. The SMILES string of the molecule is COc1ccc(C=CC(=O)N2CCCC(Cc3nc(-c4ccccc4F)no3)C2)cc1. The first-order valence-corrected chi connectivity index (χ1v) is 10.3. The predicted molar refractivity (Wildman–Crippen MR) is 115 cm³/mol. The first kappa shape index (κ1) is 20.8. The number of carbonyl (C=O) groups is 1. The molecule has 1 unspecified atom stereocenters. The van der Waals surface area contributed by atoms with Crippen LogP contribution in [0, 0.1) is 11.7 Å². The van der Waals surface area contributed by atoms with E-state index in [2.05, 4.69) is 10.1 Å². The minimum absolute atomic E-state index is 0.0157. The number of aromatic nitrogens is 2. The third-order valence-electron chi connectivity index (χ3n) is 5.41. The Labute approximate surface area is 180 Å². The largest absolute Gasteiger partial charge is 0.497 e. The zero-order valence-corrected chi connectivity index (χ0v) is 17.3. The smallest absolute Gasteiger partial charge is 0.246 e. The number of ether oxygens (including phenoxy) is 1. The molecule has 0 bridgehead atoms. The lowest BCUT2D eigenvalue weighted by Gasteiger charge is -2.31. The van der Waals surface area contributed by atoms with Gasteiger partial charge in [-0.3, -0.25) is 4.79 Å². The number of hydrogen-bond donors (Lipinski definition) is 0. The summed E-state index contributed by atoms with van der Waals surface area (Å²) >= 11 is 0. The summed E-state index contributed by atoms with van der Waals surface area (Å²) in [5.41, 5.74) is 1.26. The number of amides is 1. The zero-order chi connectivity index (χ0) is 21.6. The Hall–Kier alpha value is -3.48. The Morgan fingerprint density at radius 3 is 2.84 bits per heavy atom. The highest BCUT2D eigenvalue weighted by Crippen LogP contribution is 2.24. The van der Waals surface area contributed by atoms with E-state index in [1.807, 2.05) is 35.2 Å². The highest BCUT2D eigenvalue weighted by atomic mass is 19.1. The van der Waals surface area contributed by atoms with E-state index < -0.39 is 0 Å². The van der Waals surface area contributed by atoms with Gasteiger partial charge in [0.05, 0.1) is 12.7 Å². The third-order valence-corrected chi connectivity index (χ3v) is 5.41. The van der Waals surface area contributed by atoms with Gasteiger partial charge in [-0.05, 0) is 54.7 Å². The van der Waals surface area contributed by atoms with Crippen molar-refractivity contribution in [2.24, 2.45) is 5.92 Å². The summed E-state index contributed by atoms with van der Waals surface area (Å²) in [6.07, 6.45) is 5.87. The maximum atomic E-state index is 13.9. The van der Waals surface area contributed by atoms with E-state index >= 15 is 0 Å². The second-order valence-corrected chi connectivity index (χ2v) is 7.59. The maximum absolute atomic E-state index is 13.9. The van der Waals surface area contributed by atoms with Gasteiger partial charge in [0.1, 0.15) is 11.6 Å². The van der Waals surface area contributed by atoms with Gasteiger partial charge in [0.15, 0.2) is 0 Å². The van der Waals surface area contributed by atoms with Crippen LogP contribution in [0.3, 0.4) is 0 Å². The molecule has 2 heterocycles. The van der Waals surface area contributed by atoms with Crippen LogP contribution in [0.2, 0.25) is 0 Å². The monoisotopic (exact) mass is 421 g/mol. The second kappa shape index (κ2) is 9.55. The highest BCUT2D eigenvalue weighted by molar-refractivity contribution is 5.91. The molecule has 1 aromatic heterocycles. The molecule has 1 fully saturated rings. The minimum atomic E-state index is -0.382. The van der Waals surface area contributed by atoms with Gasteiger partial charge in [0.25, 0.3) is 0 Å². The molecule has 4 rings (SSSR count). The van der Waals surface area contributed by atoms with Crippen LogP contribution in [0.1, 0.15) is 24.3 Å². The fourth-order valence-corrected chi connectivity index (χ4v) is 3.76. The predicted octanol–water partition coefficient (Wildman–Crippen LogP) is 4.38. The Morgan fingerprint density at radius 2 is 2.06 bits per heavy atom. The molecule has 0 spiro atoms. The summed E-state index contributed by atoms with van der Waals surface area (Å²) in [7, 11) is 1.62. The van der Waals surface area contributed by atoms with E-state index in [-0.39, 0.29) is 23.5 Å². The second-order valence-electron chi connectivity index (χ2n) is 7.59. The Balaban J connectivity index is 1.35. The molecule has 1 atom stereocenters. The van der Waals surface area contributed by atoms with E-state index in [9.17, 15) is 9.18 Å². The molecule has 1 amide bonds. The van der Waals surface area contributed by atoms with Crippen molar-refractivity contribution in [3.63, 3.8) is 0 Å². The standard InChI is InChI=1S/C24H24FN3O3/c1-30-19-11-8-17(9-12-19)10-13-23(29)28-14-4-5-18(16-28)15-22-26-24(27-31-22)20-6-2-3-7-21(20)25/h2-3,6-13,18H,4-5,14-16H2,1H3. The van der Waals surface area contributed by atoms with Crippen LogP contribution in [-0.4, -0.2) is 41.1 Å². The van der Waals surface area contributed by atoms with Crippen molar-refractivity contribution < 1.29 is 18.4 Å². The fraction of sp³-hybridized carbons (Fsp3) is 0.292. The first-order chi connectivity index (χ1) is 15.1. The molecule has 0 N–H and O–H groups in total. The van der Waals surface area contributed by atoms with Crippen molar-refractivity contribution in [1.29, 1.82) is 0 Å². The van der Waals surface area contributed by atoms with Crippen molar-refractivity contribution in [1.82, 2.24) is 15.0 Å². The van der Waals surface area contributed by atoms with Crippen LogP contribution in [0.5, 0.6) is 5.75 Å². The lowest BCUT2D eigenvalue weighted by Crippen LogP contribution is -2.39. The summed E-state index contributed by atoms with van der Waals surface area (Å²) in [4.78, 5) is 18.8. The van der Waals surface area contributed by atoms with Gasteiger partial charge in [-0.1, -0.05) is 29.4 Å². The zero-order valence-electron chi connectivity index (χ0n) is 17.3. The maximum Gasteiger partial charge on any atom is 0.246 e. The summed E-state index contributed by atoms with van der Waals surface area (Å²) in [5.74, 6) is 1.32. The number of hydrogen-bond acceptors (Lipinski definition) is 5. The van der Waals surface area contributed by atoms with E-state index in [1.54, 1.807) is 31.4 Å². The number of halogens is 1. The molecule has 31 heavy (non-hydrogen) atoms. The molecular formula is C24H24FN3O3. The number of nitrogens with zero attached hydrogens (tertiary/aromatic N) is 3. The van der Waals surface area contributed by atoms with Gasteiger partial charge in [-0.25, -0.2) is 4.39 Å². The van der Waals surface area contributed by atoms with Crippen LogP contribution < -0.4 is 4.74 Å². The van der Waals surface area contributed by atoms with Crippen molar-refractivity contribution in [3.8, 4) is 17.1 Å². The number of likely N-dealkylation sites (tertiary alicyclic amines) is 1. The number of methoxy groups -OCH3 is 1. The van der Waals surface area contributed by atoms with E-state index in [4.69, 9.17) is 9.26 Å². The normalized spacial score (nSPS) is 16.6. The average molecular weight is 421 g/mol. The molecule has 0 aliphatic carbocycles. The molecule has 1 aliphatic heterocycles. The summed E-state index contributed by atoms with van der Waals surface area (Å²) in [6, 6.07) is 13.9. The summed E-state index contributed by atoms with van der Waals surface area (Å²) < 4.78 is 24.4. The molecule has 0 radical (unpaired) electrons. The lowest BCUT2D eigenvalue weighted by atomic mass is 9.94. The van der Waals surface area contributed by atoms with Crippen molar-refractivity contribution in [2.45, 2.75) is 19.3 Å². The van der Waals surface area contributed by atoms with Crippen LogP contribution in [0.4, 0.5) is 4.39 Å². The minimum Gasteiger partial charge on any atom is -0.497 e. The van der Waals surface area contributed by atoms with Gasteiger partial charge >= 0.3 is 0 Å². The van der Waals surface area contributed by atoms with Crippen LogP contribution in [0.15, 0.2) is 59.1 Å². The lowest BCUT2D eigenvalue weighted by molar-refractivity contribution is -0.127. The third kappa shape index (κ3) is 5.17. The van der Waals surface area contributed by atoms with E-state index in [0.29, 0.717) is 24.4 Å². The van der Waals surface area contributed by atoms with Crippen molar-refractivity contribution in [2.75, 3.05) is 20.2 Å². The van der Waals surface area contributed by atoms with Crippen molar-refractivity contribution >= 4 is 12.0 Å². The number of carbonyl (C=O) groups excluding carboxylic acids is 1.